The van der Waals surface area contributed by atoms with E-state index in [9.17, 15) is 19.8 Å². The number of aliphatic carboxylic acids is 1. The third kappa shape index (κ3) is 5.28. The summed E-state index contributed by atoms with van der Waals surface area (Å²) in [5.74, 6) is -1.11. The number of aliphatic imine (C=N–C) groups is 1. The Hall–Kier alpha value is -2.43. The quantitative estimate of drug-likeness (QED) is 0.581. The van der Waals surface area contributed by atoms with E-state index in [0.29, 0.717) is 31.4 Å². The Morgan fingerprint density at radius 3 is 2.56 bits per heavy atom. The molecule has 0 radical (unpaired) electrons. The highest BCUT2D eigenvalue weighted by molar-refractivity contribution is 6.24. The second kappa shape index (κ2) is 9.16. The van der Waals surface area contributed by atoms with Crippen molar-refractivity contribution in [3.63, 3.8) is 0 Å². The number of Topliss-reactive ketones (excluding diaryl/α,β-unsaturated/α-hetero) is 1. The predicted octanol–water partition coefficient (Wildman–Crippen LogP) is 3.88. The molecule has 2 N–H and O–H groups in total. The number of carbonyl (C=O) groups excluding carboxylic acids is 1. The number of benzene rings is 1. The van der Waals surface area contributed by atoms with Crippen LogP contribution in [0.5, 0.6) is 0 Å². The first-order chi connectivity index (χ1) is 12.0. The first kappa shape index (κ1) is 18.9. The molecule has 1 atom stereocenters. The zero-order valence-corrected chi connectivity index (χ0v) is 14.6. The molecule has 1 aliphatic rings. The van der Waals surface area contributed by atoms with E-state index in [2.05, 4.69) is 4.99 Å². The molecule has 5 heteroatoms. The van der Waals surface area contributed by atoms with E-state index >= 15 is 0 Å². The Balaban J connectivity index is 2.31. The van der Waals surface area contributed by atoms with Gasteiger partial charge in [-0.25, -0.2) is 4.79 Å². The van der Waals surface area contributed by atoms with E-state index in [4.69, 9.17) is 0 Å². The van der Waals surface area contributed by atoms with Crippen LogP contribution in [0.1, 0.15) is 51.0 Å². The fraction of sp³-hybridized carbons (Fsp3) is 0.450. The summed E-state index contributed by atoms with van der Waals surface area (Å²) < 4.78 is 0. The number of carboxylic acid groups (broad SMARTS) is 1. The van der Waals surface area contributed by atoms with Crippen molar-refractivity contribution < 1.29 is 19.8 Å². The zero-order chi connectivity index (χ0) is 18.2. The molecular weight excluding hydrogens is 318 g/mol. The van der Waals surface area contributed by atoms with Crippen molar-refractivity contribution >= 4 is 17.5 Å². The molecule has 0 heterocycles. The van der Waals surface area contributed by atoms with Gasteiger partial charge in [-0.15, -0.1) is 0 Å². The Morgan fingerprint density at radius 2 is 1.92 bits per heavy atom. The fourth-order valence-corrected chi connectivity index (χ4v) is 2.97. The molecule has 134 valence electrons. The Bertz CT molecular complexity index is 676. The van der Waals surface area contributed by atoms with Crippen molar-refractivity contribution in [2.24, 2.45) is 4.99 Å². The van der Waals surface area contributed by atoms with Crippen LogP contribution in [-0.2, 0) is 16.0 Å². The average Bonchev–Trinajstić information content (AvgIpc) is 2.60. The van der Waals surface area contributed by atoms with Crippen molar-refractivity contribution in [1.82, 2.24) is 0 Å². The molecule has 25 heavy (non-hydrogen) atoms. The molecule has 0 saturated heterocycles. The summed E-state index contributed by atoms with van der Waals surface area (Å²) in [5, 5.41) is 19.8. The minimum absolute atomic E-state index is 0.0501. The largest absolute Gasteiger partial charge is 0.511 e. The lowest BCUT2D eigenvalue weighted by atomic mass is 9.89. The van der Waals surface area contributed by atoms with Crippen LogP contribution >= 0.6 is 0 Å². The molecule has 1 aromatic rings. The van der Waals surface area contributed by atoms with Gasteiger partial charge in [0.05, 0.1) is 11.3 Å². The highest BCUT2D eigenvalue weighted by Crippen LogP contribution is 2.24. The summed E-state index contributed by atoms with van der Waals surface area (Å²) >= 11 is 0. The smallest absolute Gasteiger partial charge is 0.328 e. The van der Waals surface area contributed by atoms with Gasteiger partial charge < -0.3 is 10.2 Å². The van der Waals surface area contributed by atoms with Gasteiger partial charge in [0.25, 0.3) is 0 Å². The molecule has 5 nitrogen and oxygen atoms in total. The van der Waals surface area contributed by atoms with E-state index in [1.165, 1.54) is 0 Å². The molecule has 1 aliphatic carbocycles. The van der Waals surface area contributed by atoms with E-state index in [-0.39, 0.29) is 23.5 Å². The number of carboxylic acids is 1. The molecule has 1 aromatic carbocycles. The molecule has 1 fully saturated rings. The van der Waals surface area contributed by atoms with Gasteiger partial charge >= 0.3 is 5.97 Å². The van der Waals surface area contributed by atoms with E-state index in [0.717, 1.165) is 18.4 Å². The molecule has 0 bridgehead atoms. The van der Waals surface area contributed by atoms with Crippen LogP contribution in [0.2, 0.25) is 0 Å². The molecule has 0 aliphatic heterocycles. The number of hydrogen-bond acceptors (Lipinski definition) is 4. The number of aliphatic hydroxyl groups excluding tert-OH is 1. The van der Waals surface area contributed by atoms with Gasteiger partial charge in [0.15, 0.2) is 11.8 Å². The van der Waals surface area contributed by atoms with Crippen molar-refractivity contribution in [2.75, 3.05) is 0 Å². The number of rotatable bonds is 7. The number of unbranched alkanes of at least 4 members (excludes halogenated alkanes) is 1. The van der Waals surface area contributed by atoms with Crippen molar-refractivity contribution in [3.8, 4) is 0 Å². The first-order valence-electron chi connectivity index (χ1n) is 8.82. The number of hydrogen-bond donors (Lipinski definition) is 2. The van der Waals surface area contributed by atoms with Gasteiger partial charge in [-0.05, 0) is 24.8 Å². The lowest BCUT2D eigenvalue weighted by Gasteiger charge is -2.19. The number of aliphatic hydroxyl groups is 1. The Labute approximate surface area is 148 Å². The van der Waals surface area contributed by atoms with E-state index < -0.39 is 12.0 Å². The highest BCUT2D eigenvalue weighted by Gasteiger charge is 2.27. The Morgan fingerprint density at radius 1 is 1.20 bits per heavy atom. The van der Waals surface area contributed by atoms with Gasteiger partial charge in [0, 0.05) is 19.3 Å². The monoisotopic (exact) mass is 343 g/mol. The molecular formula is C20H25NO4. The standard InChI is InChI=1S/C20H25NO4/c1-2-3-11-17(22)19-15(10-7-12-18(19)23)21-16(20(24)25)13-14-8-5-4-6-9-14/h4-6,8-9,16,22H,2-3,7,10-13H2,1H3,(H,24,25)/b19-17+,21-15?. The van der Waals surface area contributed by atoms with Crippen molar-refractivity contribution in [2.45, 2.75) is 57.9 Å². The van der Waals surface area contributed by atoms with Gasteiger partial charge in [-0.2, -0.15) is 0 Å². The molecule has 1 unspecified atom stereocenters. The average molecular weight is 343 g/mol. The third-order valence-corrected chi connectivity index (χ3v) is 4.31. The summed E-state index contributed by atoms with van der Waals surface area (Å²) in [6.45, 7) is 2.01. The van der Waals surface area contributed by atoms with Crippen LogP contribution in [0.3, 0.4) is 0 Å². The number of nitrogens with zero attached hydrogens (tertiary/aromatic N) is 1. The summed E-state index contributed by atoms with van der Waals surface area (Å²) in [6, 6.07) is 8.34. The highest BCUT2D eigenvalue weighted by atomic mass is 16.4. The van der Waals surface area contributed by atoms with E-state index in [1.54, 1.807) is 0 Å². The Kier molecular flexibility index (Phi) is 6.92. The molecule has 2 rings (SSSR count). The van der Waals surface area contributed by atoms with Crippen LogP contribution < -0.4 is 0 Å². The van der Waals surface area contributed by atoms with Gasteiger partial charge in [-0.3, -0.25) is 9.79 Å². The maximum absolute atomic E-state index is 12.3. The van der Waals surface area contributed by atoms with Gasteiger partial charge in [0.2, 0.25) is 0 Å². The second-order valence-electron chi connectivity index (χ2n) is 6.32. The maximum atomic E-state index is 12.3. The molecule has 1 saturated carbocycles. The van der Waals surface area contributed by atoms with Crippen molar-refractivity contribution in [1.29, 1.82) is 0 Å². The summed E-state index contributed by atoms with van der Waals surface area (Å²) in [4.78, 5) is 28.3. The summed E-state index contributed by atoms with van der Waals surface area (Å²) in [5.41, 5.74) is 1.56. The second-order valence-corrected chi connectivity index (χ2v) is 6.32. The number of allylic oxidation sites excluding steroid dienone is 2. The predicted molar refractivity (Wildman–Crippen MR) is 97.0 cm³/mol. The van der Waals surface area contributed by atoms with E-state index in [1.807, 2.05) is 37.3 Å². The van der Waals surface area contributed by atoms with Crippen LogP contribution in [0, 0.1) is 0 Å². The summed E-state index contributed by atoms with van der Waals surface area (Å²) in [6.07, 6.45) is 3.91. The minimum atomic E-state index is -1.03. The normalized spacial score (nSPS) is 19.7. The lowest BCUT2D eigenvalue weighted by Crippen LogP contribution is -2.27. The van der Waals surface area contributed by atoms with Crippen LogP contribution in [-0.4, -0.2) is 33.7 Å². The first-order valence-corrected chi connectivity index (χ1v) is 8.82. The summed E-state index contributed by atoms with van der Waals surface area (Å²) in [7, 11) is 0. The topological polar surface area (TPSA) is 87.0 Å². The SMILES string of the molecule is CCCC/C(O)=C1\C(=O)CCCC1=NC(Cc1ccccc1)C(=O)O. The maximum Gasteiger partial charge on any atom is 0.328 e. The lowest BCUT2D eigenvalue weighted by molar-refractivity contribution is -0.138. The van der Waals surface area contributed by atoms with Crippen LogP contribution in [0.15, 0.2) is 46.7 Å². The van der Waals surface area contributed by atoms with Crippen molar-refractivity contribution in [3.05, 3.63) is 47.2 Å². The fourth-order valence-electron chi connectivity index (χ4n) is 2.97. The number of ketones is 1. The minimum Gasteiger partial charge on any atom is -0.511 e. The molecule has 0 aromatic heterocycles. The number of carbonyl (C=O) groups is 2. The molecule has 0 amide bonds. The van der Waals surface area contributed by atoms with Crippen LogP contribution in [0.25, 0.3) is 0 Å². The van der Waals surface area contributed by atoms with Crippen LogP contribution in [0.4, 0.5) is 0 Å². The van der Waals surface area contributed by atoms with Gasteiger partial charge in [0.1, 0.15) is 5.76 Å². The van der Waals surface area contributed by atoms with Gasteiger partial charge in [-0.1, -0.05) is 43.7 Å². The third-order valence-electron chi connectivity index (χ3n) is 4.31. The zero-order valence-electron chi connectivity index (χ0n) is 14.6. The molecule has 0 spiro atoms.